The highest BCUT2D eigenvalue weighted by Gasteiger charge is 2.44. The van der Waals surface area contributed by atoms with Crippen LogP contribution in [0, 0.1) is 5.92 Å². The minimum Gasteiger partial charge on any atom is -0.354 e. The molecule has 2 aromatic carbocycles. The topological polar surface area (TPSA) is 63.4 Å². The summed E-state index contributed by atoms with van der Waals surface area (Å²) in [6, 6.07) is 11.3. The Labute approximate surface area is 178 Å². The molecular formula is C22H23F3N2O3S. The summed E-state index contributed by atoms with van der Waals surface area (Å²) >= 11 is 0. The highest BCUT2D eigenvalue weighted by molar-refractivity contribution is 7.92. The van der Waals surface area contributed by atoms with E-state index in [1.807, 2.05) is 24.3 Å². The van der Waals surface area contributed by atoms with Gasteiger partial charge in [-0.15, -0.1) is 0 Å². The SMILES string of the molecule is CC(C)(C1CCN(c2noc3ccccc23)CC1)S(=O)(=O)c1ccc(C(F)(F)F)cc1. The van der Waals surface area contributed by atoms with E-state index in [0.717, 1.165) is 35.5 Å². The summed E-state index contributed by atoms with van der Waals surface area (Å²) in [6.45, 7) is 4.55. The number of hydrogen-bond donors (Lipinski definition) is 0. The fourth-order valence-electron chi connectivity index (χ4n) is 4.23. The first-order chi connectivity index (χ1) is 14.5. The molecule has 4 rings (SSSR count). The second-order valence-electron chi connectivity index (χ2n) is 8.39. The van der Waals surface area contributed by atoms with Crippen molar-refractivity contribution in [1.29, 1.82) is 0 Å². The van der Waals surface area contributed by atoms with Gasteiger partial charge in [0.2, 0.25) is 0 Å². The number of aromatic nitrogens is 1. The molecule has 31 heavy (non-hydrogen) atoms. The van der Waals surface area contributed by atoms with Gasteiger partial charge in [0.15, 0.2) is 21.2 Å². The molecule has 1 saturated heterocycles. The predicted molar refractivity (Wildman–Crippen MR) is 112 cm³/mol. The van der Waals surface area contributed by atoms with Crippen LogP contribution in [0.25, 0.3) is 11.0 Å². The third kappa shape index (κ3) is 3.79. The maximum Gasteiger partial charge on any atom is 0.416 e. The Kier molecular flexibility index (Phi) is 5.28. The Morgan fingerprint density at radius 2 is 1.61 bits per heavy atom. The zero-order chi connectivity index (χ0) is 22.4. The average molecular weight is 452 g/mol. The van der Waals surface area contributed by atoms with E-state index in [1.54, 1.807) is 13.8 Å². The van der Waals surface area contributed by atoms with E-state index < -0.39 is 26.3 Å². The van der Waals surface area contributed by atoms with Crippen LogP contribution in [0.15, 0.2) is 57.9 Å². The van der Waals surface area contributed by atoms with Crippen LogP contribution in [0.5, 0.6) is 0 Å². The van der Waals surface area contributed by atoms with Crippen LogP contribution in [0.1, 0.15) is 32.3 Å². The van der Waals surface area contributed by atoms with Crippen molar-refractivity contribution in [2.45, 2.75) is 42.5 Å². The molecule has 0 saturated carbocycles. The van der Waals surface area contributed by atoms with E-state index in [2.05, 4.69) is 10.1 Å². The van der Waals surface area contributed by atoms with Crippen molar-refractivity contribution in [2.24, 2.45) is 5.92 Å². The number of anilines is 1. The van der Waals surface area contributed by atoms with Crippen molar-refractivity contribution in [1.82, 2.24) is 5.16 Å². The van der Waals surface area contributed by atoms with E-state index in [-0.39, 0.29) is 10.8 Å². The Balaban J connectivity index is 1.51. The average Bonchev–Trinajstić information content (AvgIpc) is 3.17. The van der Waals surface area contributed by atoms with Gasteiger partial charge in [-0.05, 0) is 69.0 Å². The molecule has 1 aliphatic rings. The van der Waals surface area contributed by atoms with Gasteiger partial charge >= 0.3 is 6.18 Å². The van der Waals surface area contributed by atoms with Gasteiger partial charge in [0.1, 0.15) is 0 Å². The molecule has 3 aromatic rings. The quantitative estimate of drug-likeness (QED) is 0.536. The molecule has 1 fully saturated rings. The number of rotatable bonds is 4. The summed E-state index contributed by atoms with van der Waals surface area (Å²) in [7, 11) is -3.83. The minimum atomic E-state index is -4.50. The maximum atomic E-state index is 13.3. The van der Waals surface area contributed by atoms with E-state index in [1.165, 1.54) is 0 Å². The van der Waals surface area contributed by atoms with Crippen LogP contribution in [0.4, 0.5) is 19.0 Å². The van der Waals surface area contributed by atoms with Gasteiger partial charge in [-0.1, -0.05) is 17.3 Å². The van der Waals surface area contributed by atoms with Gasteiger partial charge in [-0.25, -0.2) is 8.42 Å². The van der Waals surface area contributed by atoms with E-state index >= 15 is 0 Å². The molecule has 0 N–H and O–H groups in total. The molecule has 0 atom stereocenters. The number of benzene rings is 2. The molecule has 166 valence electrons. The smallest absolute Gasteiger partial charge is 0.354 e. The molecule has 0 radical (unpaired) electrons. The van der Waals surface area contributed by atoms with Gasteiger partial charge in [-0.3, -0.25) is 0 Å². The Hall–Kier alpha value is -2.55. The van der Waals surface area contributed by atoms with Crippen LogP contribution >= 0.6 is 0 Å². The minimum absolute atomic E-state index is 0.0876. The molecule has 0 aliphatic carbocycles. The normalized spacial score (nSPS) is 16.7. The lowest BCUT2D eigenvalue weighted by Crippen LogP contribution is -2.46. The number of para-hydroxylation sites is 1. The van der Waals surface area contributed by atoms with Crippen molar-refractivity contribution < 1.29 is 26.1 Å². The Morgan fingerprint density at radius 1 is 1.00 bits per heavy atom. The number of piperidine rings is 1. The molecule has 1 aliphatic heterocycles. The van der Waals surface area contributed by atoms with Crippen molar-refractivity contribution in [2.75, 3.05) is 18.0 Å². The molecule has 2 heterocycles. The summed E-state index contributed by atoms with van der Waals surface area (Å²) < 4.78 is 69.3. The Morgan fingerprint density at radius 3 is 2.23 bits per heavy atom. The van der Waals surface area contributed by atoms with Crippen molar-refractivity contribution in [3.8, 4) is 0 Å². The Bertz CT molecular complexity index is 1180. The van der Waals surface area contributed by atoms with Crippen LogP contribution in [0.2, 0.25) is 0 Å². The third-order valence-electron chi connectivity index (χ3n) is 6.32. The standard InChI is InChI=1S/C22H23F3N2O3S/c1-21(2,31(28,29)17-9-7-16(8-10-17)22(23,24)25)15-11-13-27(14-12-15)20-18-5-3-4-6-19(18)30-26-20/h3-10,15H,11-14H2,1-2H3. The van der Waals surface area contributed by atoms with E-state index in [9.17, 15) is 21.6 Å². The van der Waals surface area contributed by atoms with Gasteiger partial charge in [0.25, 0.3) is 0 Å². The molecule has 9 heteroatoms. The van der Waals surface area contributed by atoms with Crippen LogP contribution in [-0.4, -0.2) is 31.4 Å². The summed E-state index contributed by atoms with van der Waals surface area (Å²) in [5.41, 5.74) is -0.165. The predicted octanol–water partition coefficient (Wildman–Crippen LogP) is 5.32. The van der Waals surface area contributed by atoms with Crippen LogP contribution < -0.4 is 4.90 Å². The molecule has 0 bridgehead atoms. The largest absolute Gasteiger partial charge is 0.416 e. The first-order valence-corrected chi connectivity index (χ1v) is 11.5. The first-order valence-electron chi connectivity index (χ1n) is 10.0. The molecule has 1 aromatic heterocycles. The van der Waals surface area contributed by atoms with E-state index in [0.29, 0.717) is 31.5 Å². The highest BCUT2D eigenvalue weighted by Crippen LogP contribution is 2.40. The third-order valence-corrected chi connectivity index (χ3v) is 8.93. The zero-order valence-corrected chi connectivity index (χ0v) is 18.0. The monoisotopic (exact) mass is 452 g/mol. The summed E-state index contributed by atoms with van der Waals surface area (Å²) in [5, 5.41) is 5.09. The van der Waals surface area contributed by atoms with Crippen molar-refractivity contribution in [3.05, 3.63) is 54.1 Å². The second-order valence-corrected chi connectivity index (χ2v) is 10.9. The lowest BCUT2D eigenvalue weighted by molar-refractivity contribution is -0.137. The van der Waals surface area contributed by atoms with Crippen LogP contribution in [0.3, 0.4) is 0 Å². The molecule has 0 unspecified atom stereocenters. The first kappa shape index (κ1) is 21.7. The number of halogens is 3. The lowest BCUT2D eigenvalue weighted by atomic mass is 9.86. The van der Waals surface area contributed by atoms with Crippen molar-refractivity contribution in [3.63, 3.8) is 0 Å². The van der Waals surface area contributed by atoms with E-state index in [4.69, 9.17) is 4.52 Å². The fraction of sp³-hybridized carbons (Fsp3) is 0.409. The molecular weight excluding hydrogens is 429 g/mol. The molecule has 0 spiro atoms. The number of sulfone groups is 1. The van der Waals surface area contributed by atoms with Gasteiger partial charge < -0.3 is 9.42 Å². The number of alkyl halides is 3. The highest BCUT2D eigenvalue weighted by atomic mass is 32.2. The summed E-state index contributed by atoms with van der Waals surface area (Å²) in [6.07, 6.45) is -3.27. The van der Waals surface area contributed by atoms with Gasteiger partial charge in [0.05, 0.1) is 20.6 Å². The molecule has 5 nitrogen and oxygen atoms in total. The maximum absolute atomic E-state index is 13.3. The lowest BCUT2D eigenvalue weighted by Gasteiger charge is -2.40. The number of hydrogen-bond acceptors (Lipinski definition) is 5. The van der Waals surface area contributed by atoms with Gasteiger partial charge in [0, 0.05) is 13.1 Å². The second kappa shape index (κ2) is 7.55. The van der Waals surface area contributed by atoms with Gasteiger partial charge in [-0.2, -0.15) is 13.2 Å². The fourth-order valence-corrected chi connectivity index (χ4v) is 6.01. The summed E-state index contributed by atoms with van der Waals surface area (Å²) in [4.78, 5) is 2.00. The zero-order valence-electron chi connectivity index (χ0n) is 17.2. The van der Waals surface area contributed by atoms with Crippen molar-refractivity contribution >= 4 is 26.6 Å². The number of fused-ring (bicyclic) bond motifs is 1. The van der Waals surface area contributed by atoms with Crippen LogP contribution in [-0.2, 0) is 16.0 Å². The summed E-state index contributed by atoms with van der Waals surface area (Å²) in [5.74, 6) is 0.603. The molecule has 0 amide bonds. The number of nitrogens with zero attached hydrogens (tertiary/aromatic N) is 2.